The molecule has 2 N–H and O–H groups in total. The third-order valence-corrected chi connectivity index (χ3v) is 1.44. The minimum Gasteiger partial charge on any atom is -0.464 e. The zero-order valence-electron chi connectivity index (χ0n) is 7.46. The first kappa shape index (κ1) is 10.4. The van der Waals surface area contributed by atoms with E-state index in [0.29, 0.717) is 6.61 Å². The lowest BCUT2D eigenvalue weighted by Crippen LogP contribution is -2.27. The van der Waals surface area contributed by atoms with Gasteiger partial charge in [0.15, 0.2) is 0 Å². The molecule has 0 radical (unpaired) electrons. The molecule has 0 aliphatic rings. The fourth-order valence-corrected chi connectivity index (χ4v) is 0.474. The van der Waals surface area contributed by atoms with Gasteiger partial charge in [0.2, 0.25) is 0 Å². The summed E-state index contributed by atoms with van der Waals surface area (Å²) < 4.78 is 4.89. The molecule has 0 spiro atoms. The highest BCUT2D eigenvalue weighted by molar-refractivity contribution is 5.71. The van der Waals surface area contributed by atoms with Crippen LogP contribution in [0.3, 0.4) is 0 Å². The number of rotatable bonds is 4. The summed E-state index contributed by atoms with van der Waals surface area (Å²) in [4.78, 5) is 10.9. The van der Waals surface area contributed by atoms with E-state index in [4.69, 9.17) is 10.5 Å². The van der Waals surface area contributed by atoms with Crippen LogP contribution in [0.4, 0.5) is 0 Å². The zero-order chi connectivity index (χ0) is 8.85. The van der Waals surface area contributed by atoms with E-state index >= 15 is 0 Å². The number of esters is 1. The van der Waals surface area contributed by atoms with Gasteiger partial charge in [-0.2, -0.15) is 0 Å². The van der Waals surface area contributed by atoms with Gasteiger partial charge in [-0.15, -0.1) is 0 Å². The smallest absolute Gasteiger partial charge is 0.308 e. The van der Waals surface area contributed by atoms with Crippen LogP contribution in [0.2, 0.25) is 0 Å². The largest absolute Gasteiger partial charge is 0.464 e. The lowest BCUT2D eigenvalue weighted by Gasteiger charge is -2.10. The first-order valence-electron chi connectivity index (χ1n) is 4.00. The maximum Gasteiger partial charge on any atom is 0.308 e. The highest BCUT2D eigenvalue weighted by atomic mass is 16.5. The van der Waals surface area contributed by atoms with Gasteiger partial charge >= 0.3 is 5.97 Å². The van der Waals surface area contributed by atoms with Crippen molar-refractivity contribution in [2.24, 2.45) is 11.7 Å². The molecule has 0 saturated carbocycles. The maximum absolute atomic E-state index is 10.9. The molecule has 1 atom stereocenters. The second-order valence-corrected chi connectivity index (χ2v) is 2.95. The van der Waals surface area contributed by atoms with Gasteiger partial charge in [-0.3, -0.25) is 4.79 Å². The molecular formula is C8H17NO2. The summed E-state index contributed by atoms with van der Waals surface area (Å²) >= 11 is 0. The Morgan fingerprint density at radius 2 is 2.09 bits per heavy atom. The monoisotopic (exact) mass is 159 g/mol. The highest BCUT2D eigenvalue weighted by Crippen LogP contribution is 1.97. The molecule has 0 fully saturated rings. The van der Waals surface area contributed by atoms with E-state index in [2.05, 4.69) is 0 Å². The summed E-state index contributed by atoms with van der Waals surface area (Å²) in [5.74, 6) is -0.229. The number of carbonyl (C=O) groups is 1. The quantitative estimate of drug-likeness (QED) is 0.621. The Hall–Kier alpha value is -0.570. The predicted molar refractivity (Wildman–Crippen MR) is 44.1 cm³/mol. The molecule has 0 unspecified atom stereocenters. The van der Waals surface area contributed by atoms with E-state index in [1.54, 1.807) is 13.8 Å². The number of carbonyl (C=O) groups excluding carboxylic acids is 1. The number of hydrogen-bond acceptors (Lipinski definition) is 3. The van der Waals surface area contributed by atoms with E-state index in [-0.39, 0.29) is 17.9 Å². The van der Waals surface area contributed by atoms with Crippen LogP contribution in [0.15, 0.2) is 0 Å². The lowest BCUT2D eigenvalue weighted by molar-refractivity contribution is -0.147. The van der Waals surface area contributed by atoms with Crippen molar-refractivity contribution in [2.75, 3.05) is 6.61 Å². The van der Waals surface area contributed by atoms with E-state index in [1.165, 1.54) is 0 Å². The second kappa shape index (κ2) is 5.13. The Labute approximate surface area is 67.9 Å². The molecule has 0 rings (SSSR count). The van der Waals surface area contributed by atoms with Crippen molar-refractivity contribution in [3.8, 4) is 0 Å². The van der Waals surface area contributed by atoms with Crippen molar-refractivity contribution >= 4 is 5.97 Å². The van der Waals surface area contributed by atoms with E-state index < -0.39 is 0 Å². The molecule has 0 amide bonds. The minimum atomic E-state index is -0.172. The van der Waals surface area contributed by atoms with Crippen LogP contribution in [-0.2, 0) is 9.53 Å². The highest BCUT2D eigenvalue weighted by Gasteiger charge is 2.09. The average Bonchev–Trinajstić information content (AvgIpc) is 1.99. The molecule has 0 bridgehead atoms. The summed E-state index contributed by atoms with van der Waals surface area (Å²) in [6, 6.07) is -0.0160. The van der Waals surface area contributed by atoms with Gasteiger partial charge in [0.1, 0.15) is 6.61 Å². The Morgan fingerprint density at radius 3 is 2.45 bits per heavy atom. The number of hydrogen-bond donors (Lipinski definition) is 1. The van der Waals surface area contributed by atoms with Crippen molar-refractivity contribution in [1.82, 2.24) is 0 Å². The Kier molecular flexibility index (Phi) is 4.86. The van der Waals surface area contributed by atoms with Gasteiger partial charge in [0.05, 0.1) is 5.92 Å². The fraction of sp³-hybridized carbons (Fsp3) is 0.875. The third-order valence-electron chi connectivity index (χ3n) is 1.44. The standard InChI is InChI=1S/C8H17NO2/c1-4-7(9)5-11-8(10)6(2)3/h6-7H,4-5,9H2,1-3H3/t7-/m0/s1. The molecule has 66 valence electrons. The molecule has 3 nitrogen and oxygen atoms in total. The van der Waals surface area contributed by atoms with Crippen molar-refractivity contribution in [3.63, 3.8) is 0 Å². The normalized spacial score (nSPS) is 13.2. The topological polar surface area (TPSA) is 52.3 Å². The molecule has 11 heavy (non-hydrogen) atoms. The van der Waals surface area contributed by atoms with Crippen LogP contribution in [0, 0.1) is 5.92 Å². The Balaban J connectivity index is 3.46. The SMILES string of the molecule is CC[C@H](N)COC(=O)C(C)C. The van der Waals surface area contributed by atoms with Crippen LogP contribution in [0.5, 0.6) is 0 Å². The average molecular weight is 159 g/mol. The van der Waals surface area contributed by atoms with Gasteiger partial charge in [0, 0.05) is 6.04 Å². The van der Waals surface area contributed by atoms with Crippen molar-refractivity contribution in [3.05, 3.63) is 0 Å². The van der Waals surface area contributed by atoms with Gasteiger partial charge < -0.3 is 10.5 Å². The van der Waals surface area contributed by atoms with E-state index in [0.717, 1.165) is 6.42 Å². The first-order valence-corrected chi connectivity index (χ1v) is 4.00. The van der Waals surface area contributed by atoms with Crippen LogP contribution in [0.25, 0.3) is 0 Å². The Morgan fingerprint density at radius 1 is 1.55 bits per heavy atom. The summed E-state index contributed by atoms with van der Waals surface area (Å²) in [6.45, 7) is 5.92. The molecule has 3 heteroatoms. The summed E-state index contributed by atoms with van der Waals surface area (Å²) in [5.41, 5.74) is 5.54. The van der Waals surface area contributed by atoms with Gasteiger partial charge in [-0.05, 0) is 6.42 Å². The fourth-order valence-electron chi connectivity index (χ4n) is 0.474. The molecule has 0 aromatic heterocycles. The molecule has 0 aromatic carbocycles. The molecule has 0 aromatic rings. The maximum atomic E-state index is 10.9. The zero-order valence-corrected chi connectivity index (χ0v) is 7.46. The predicted octanol–water partition coefficient (Wildman–Crippen LogP) is 0.923. The molecule has 0 heterocycles. The van der Waals surface area contributed by atoms with Gasteiger partial charge in [0.25, 0.3) is 0 Å². The second-order valence-electron chi connectivity index (χ2n) is 2.95. The first-order chi connectivity index (χ1) is 5.07. The van der Waals surface area contributed by atoms with Gasteiger partial charge in [-0.25, -0.2) is 0 Å². The van der Waals surface area contributed by atoms with Crippen LogP contribution in [0.1, 0.15) is 27.2 Å². The van der Waals surface area contributed by atoms with Crippen LogP contribution < -0.4 is 5.73 Å². The van der Waals surface area contributed by atoms with E-state index in [9.17, 15) is 4.79 Å². The molecular weight excluding hydrogens is 142 g/mol. The number of nitrogens with two attached hydrogens (primary N) is 1. The van der Waals surface area contributed by atoms with E-state index in [1.807, 2.05) is 6.92 Å². The van der Waals surface area contributed by atoms with Crippen molar-refractivity contribution in [1.29, 1.82) is 0 Å². The van der Waals surface area contributed by atoms with Crippen molar-refractivity contribution < 1.29 is 9.53 Å². The molecule has 0 aliphatic carbocycles. The number of ether oxygens (including phenoxy) is 1. The molecule has 0 aliphatic heterocycles. The Bertz CT molecular complexity index is 123. The minimum absolute atomic E-state index is 0.0160. The molecule has 0 saturated heterocycles. The summed E-state index contributed by atoms with van der Waals surface area (Å²) in [5, 5.41) is 0. The summed E-state index contributed by atoms with van der Waals surface area (Å²) in [6.07, 6.45) is 0.839. The lowest BCUT2D eigenvalue weighted by atomic mass is 10.2. The van der Waals surface area contributed by atoms with Crippen LogP contribution >= 0.6 is 0 Å². The van der Waals surface area contributed by atoms with Crippen LogP contribution in [-0.4, -0.2) is 18.6 Å². The summed E-state index contributed by atoms with van der Waals surface area (Å²) in [7, 11) is 0. The van der Waals surface area contributed by atoms with Gasteiger partial charge in [-0.1, -0.05) is 20.8 Å². The third kappa shape index (κ3) is 4.79. The van der Waals surface area contributed by atoms with Crippen molar-refractivity contribution in [2.45, 2.75) is 33.2 Å².